The van der Waals surface area contributed by atoms with Crippen LogP contribution in [0.3, 0.4) is 0 Å². The number of rotatable bonds is 13. The Kier molecular flexibility index (Phi) is 11.4. The Morgan fingerprint density at radius 3 is 2.03 bits per heavy atom. The number of phosphoric ester groups is 1. The first kappa shape index (κ1) is 30.6. The van der Waals surface area contributed by atoms with Gasteiger partial charge in [0.1, 0.15) is 11.5 Å². The molecule has 2 aromatic rings. The zero-order valence-electron chi connectivity index (χ0n) is 23.0. The van der Waals surface area contributed by atoms with Crippen LogP contribution in [0.15, 0.2) is 60.7 Å². The van der Waals surface area contributed by atoms with E-state index >= 15 is 0 Å². The fourth-order valence-corrected chi connectivity index (χ4v) is 5.67. The summed E-state index contributed by atoms with van der Waals surface area (Å²) in [5.74, 6) is -0.485. The number of hydrogen-bond acceptors (Lipinski definition) is 9. The second kappa shape index (κ2) is 14.5. The lowest BCUT2D eigenvalue weighted by Crippen LogP contribution is -2.54. The molecular weight excluding hydrogens is 525 g/mol. The Bertz CT molecular complexity index is 1060. The molecule has 0 aromatic heterocycles. The maximum atomic E-state index is 14.1. The summed E-state index contributed by atoms with van der Waals surface area (Å²) >= 11 is 0. The first-order valence-electron chi connectivity index (χ1n) is 13.0. The third kappa shape index (κ3) is 9.35. The largest absolute Gasteiger partial charge is 0.590 e. The average Bonchev–Trinajstić information content (AvgIpc) is 2.88. The number of phosphoric acid groups is 1. The molecule has 10 nitrogen and oxygen atoms in total. The van der Waals surface area contributed by atoms with E-state index in [9.17, 15) is 14.2 Å². The zero-order valence-corrected chi connectivity index (χ0v) is 23.9. The van der Waals surface area contributed by atoms with Gasteiger partial charge in [-0.15, -0.1) is 0 Å². The van der Waals surface area contributed by atoms with Crippen molar-refractivity contribution in [2.24, 2.45) is 17.8 Å². The highest BCUT2D eigenvalue weighted by atomic mass is 31.2. The molecule has 39 heavy (non-hydrogen) atoms. The van der Waals surface area contributed by atoms with Crippen molar-refractivity contribution in [3.8, 4) is 11.5 Å². The first-order valence-corrected chi connectivity index (χ1v) is 14.5. The lowest BCUT2D eigenvalue weighted by atomic mass is 9.79. The van der Waals surface area contributed by atoms with Gasteiger partial charge >= 0.3 is 13.8 Å². The van der Waals surface area contributed by atoms with Crippen LogP contribution < -0.4 is 14.4 Å². The Labute approximate surface area is 229 Å². The molecular formula is C28H38NO9P. The van der Waals surface area contributed by atoms with Gasteiger partial charge in [-0.3, -0.25) is 9.59 Å². The minimum atomic E-state index is -4.34. The van der Waals surface area contributed by atoms with Crippen LogP contribution in [0.1, 0.15) is 34.6 Å². The molecule has 1 aliphatic rings. The first-order chi connectivity index (χ1) is 18.6. The van der Waals surface area contributed by atoms with Gasteiger partial charge in [0.15, 0.2) is 6.10 Å². The maximum absolute atomic E-state index is 14.1. The van der Waals surface area contributed by atoms with Crippen LogP contribution >= 0.6 is 7.82 Å². The summed E-state index contributed by atoms with van der Waals surface area (Å²) < 4.78 is 49.3. The van der Waals surface area contributed by atoms with Gasteiger partial charge in [-0.2, -0.15) is 0 Å². The molecule has 214 valence electrons. The standard InChI is InChI=1S/C28H38NO9P/c1-19(18-33-17-16-29-22(4)30)26-20(2)21(3)27(34-23(5)31)28(35-26)38-39(32,36-24-12-8-6-9-13-24)37-25-14-10-7-11-15-25/h6-15,19-21,26-28H,16-18H2,1-5H3,(H,29,30)/t19-,20+,21+,26?,27?,28+/m1/s1. The van der Waals surface area contributed by atoms with Gasteiger partial charge in [-0.1, -0.05) is 57.2 Å². The molecule has 0 saturated carbocycles. The van der Waals surface area contributed by atoms with Crippen LogP contribution in [0.4, 0.5) is 0 Å². The lowest BCUT2D eigenvalue weighted by molar-refractivity contribution is -0.260. The summed E-state index contributed by atoms with van der Waals surface area (Å²) in [7, 11) is -4.34. The van der Waals surface area contributed by atoms with Crippen LogP contribution in [-0.4, -0.2) is 50.1 Å². The van der Waals surface area contributed by atoms with E-state index in [-0.39, 0.29) is 41.3 Å². The van der Waals surface area contributed by atoms with Crippen molar-refractivity contribution in [1.82, 2.24) is 5.32 Å². The van der Waals surface area contributed by atoms with Crippen LogP contribution in [0.2, 0.25) is 0 Å². The highest BCUT2D eigenvalue weighted by molar-refractivity contribution is 7.49. The molecule has 0 aliphatic carbocycles. The van der Waals surface area contributed by atoms with Gasteiger partial charge in [-0.05, 0) is 30.2 Å². The molecule has 1 saturated heterocycles. The van der Waals surface area contributed by atoms with Crippen molar-refractivity contribution in [1.29, 1.82) is 0 Å². The van der Waals surface area contributed by atoms with Gasteiger partial charge in [0.25, 0.3) is 0 Å². The quantitative estimate of drug-likeness (QED) is 0.204. The second-order valence-electron chi connectivity index (χ2n) is 9.66. The minimum absolute atomic E-state index is 0.0624. The molecule has 11 heteroatoms. The summed E-state index contributed by atoms with van der Waals surface area (Å²) in [6, 6.07) is 17.0. The van der Waals surface area contributed by atoms with Crippen molar-refractivity contribution in [2.45, 2.75) is 53.1 Å². The Balaban J connectivity index is 1.82. The maximum Gasteiger partial charge on any atom is 0.590 e. The topological polar surface area (TPSA) is 119 Å². The number of para-hydroxylation sites is 2. The molecule has 2 aromatic carbocycles. The van der Waals surface area contributed by atoms with Gasteiger partial charge in [0, 0.05) is 32.2 Å². The van der Waals surface area contributed by atoms with Gasteiger partial charge in [-0.25, -0.2) is 9.09 Å². The third-order valence-corrected chi connectivity index (χ3v) is 7.78. The van der Waals surface area contributed by atoms with E-state index < -0.39 is 26.2 Å². The van der Waals surface area contributed by atoms with Crippen LogP contribution in [0, 0.1) is 17.8 Å². The van der Waals surface area contributed by atoms with E-state index in [1.165, 1.54) is 13.8 Å². The molecule has 0 radical (unpaired) electrons. The summed E-state index contributed by atoms with van der Waals surface area (Å²) in [4.78, 5) is 23.1. The predicted octanol–water partition coefficient (Wildman–Crippen LogP) is 4.99. The highest BCUT2D eigenvalue weighted by Crippen LogP contribution is 2.53. The Morgan fingerprint density at radius 2 is 1.51 bits per heavy atom. The van der Waals surface area contributed by atoms with Gasteiger partial charge in [0.05, 0.1) is 19.3 Å². The molecule has 1 fully saturated rings. The summed E-state index contributed by atoms with van der Waals surface area (Å²) in [5, 5.41) is 2.69. The van der Waals surface area contributed by atoms with E-state index in [4.69, 9.17) is 27.8 Å². The van der Waals surface area contributed by atoms with Crippen molar-refractivity contribution >= 4 is 19.7 Å². The second-order valence-corrected chi connectivity index (χ2v) is 11.1. The van der Waals surface area contributed by atoms with Crippen molar-refractivity contribution in [3.63, 3.8) is 0 Å². The normalized spacial score (nSPS) is 23.9. The molecule has 1 amide bonds. The zero-order chi connectivity index (χ0) is 28.4. The van der Waals surface area contributed by atoms with E-state index in [0.29, 0.717) is 19.8 Å². The monoisotopic (exact) mass is 563 g/mol. The summed E-state index contributed by atoms with van der Waals surface area (Å²) in [6.07, 6.45) is -2.50. The summed E-state index contributed by atoms with van der Waals surface area (Å²) in [6.45, 7) is 9.74. The molecule has 1 N–H and O–H groups in total. The average molecular weight is 564 g/mol. The number of amides is 1. The third-order valence-electron chi connectivity index (χ3n) is 6.44. The summed E-state index contributed by atoms with van der Waals surface area (Å²) in [5.41, 5.74) is 0. The van der Waals surface area contributed by atoms with Crippen LogP contribution in [-0.2, 0) is 32.9 Å². The Morgan fingerprint density at radius 1 is 0.949 bits per heavy atom. The van der Waals surface area contributed by atoms with Gasteiger partial charge in [0.2, 0.25) is 12.2 Å². The predicted molar refractivity (Wildman–Crippen MR) is 144 cm³/mol. The smallest absolute Gasteiger partial charge is 0.457 e. The van der Waals surface area contributed by atoms with E-state index in [1.807, 2.05) is 20.8 Å². The number of benzene rings is 2. The lowest BCUT2D eigenvalue weighted by Gasteiger charge is -2.45. The SMILES string of the molecule is CC(=O)NCCOC[C@@H](C)C1O[C@@H](OP(=O)(Oc2ccccc2)Oc2ccccc2)C(OC(C)=O)[C@@H](C)[C@@H]1C. The molecule has 1 heterocycles. The van der Waals surface area contributed by atoms with E-state index in [0.717, 1.165) is 0 Å². The van der Waals surface area contributed by atoms with Crippen molar-refractivity contribution < 1.29 is 41.9 Å². The minimum Gasteiger partial charge on any atom is -0.457 e. The number of hydrogen-bond donors (Lipinski definition) is 1. The molecule has 0 bridgehead atoms. The van der Waals surface area contributed by atoms with E-state index in [1.54, 1.807) is 60.7 Å². The fourth-order valence-electron chi connectivity index (χ4n) is 4.37. The molecule has 2 unspecified atom stereocenters. The van der Waals surface area contributed by atoms with Crippen LogP contribution in [0.25, 0.3) is 0 Å². The fraction of sp³-hybridized carbons (Fsp3) is 0.500. The molecule has 1 aliphatic heterocycles. The van der Waals surface area contributed by atoms with Gasteiger partial charge < -0.3 is 28.6 Å². The molecule has 0 spiro atoms. The van der Waals surface area contributed by atoms with Crippen molar-refractivity contribution in [2.75, 3.05) is 19.8 Å². The molecule has 6 atom stereocenters. The number of nitrogens with one attached hydrogen (secondary N) is 1. The number of carbonyl (C=O) groups is 2. The van der Waals surface area contributed by atoms with Crippen molar-refractivity contribution in [3.05, 3.63) is 60.7 Å². The number of carbonyl (C=O) groups excluding carboxylic acids is 2. The number of ether oxygens (including phenoxy) is 3. The highest BCUT2D eigenvalue weighted by Gasteiger charge is 2.50. The molecule has 3 rings (SSSR count). The number of esters is 1. The van der Waals surface area contributed by atoms with Crippen LogP contribution in [0.5, 0.6) is 11.5 Å². The Hall–Kier alpha value is -2.91. The van der Waals surface area contributed by atoms with E-state index in [2.05, 4.69) is 5.32 Å².